The van der Waals surface area contributed by atoms with Gasteiger partial charge >= 0.3 is 5.69 Å². The van der Waals surface area contributed by atoms with Crippen LogP contribution in [0.5, 0.6) is 0 Å². The Morgan fingerprint density at radius 2 is 2.14 bits per heavy atom. The Morgan fingerprint density at radius 1 is 1.45 bits per heavy atom. The lowest BCUT2D eigenvalue weighted by molar-refractivity contribution is 0.159. The van der Waals surface area contributed by atoms with Crippen LogP contribution in [-0.4, -0.2) is 28.5 Å². The van der Waals surface area contributed by atoms with Gasteiger partial charge in [0.05, 0.1) is 31.7 Å². The first-order chi connectivity index (χ1) is 10.4. The third-order valence-corrected chi connectivity index (χ3v) is 4.31. The monoisotopic (exact) mass is 327 g/mol. The first kappa shape index (κ1) is 18.6. The van der Waals surface area contributed by atoms with Crippen LogP contribution < -0.4 is 11.2 Å². The first-order valence-corrected chi connectivity index (χ1v) is 8.70. The summed E-state index contributed by atoms with van der Waals surface area (Å²) in [5.74, 6) is 0. The van der Waals surface area contributed by atoms with Crippen LogP contribution in [0.25, 0.3) is 0 Å². The zero-order valence-electron chi connectivity index (χ0n) is 13.4. The van der Waals surface area contributed by atoms with E-state index in [0.29, 0.717) is 31.6 Å². The van der Waals surface area contributed by atoms with Crippen molar-refractivity contribution in [1.29, 1.82) is 5.26 Å². The van der Waals surface area contributed by atoms with Crippen molar-refractivity contribution in [2.24, 2.45) is 7.05 Å². The standard InChI is InChI=1S/C14H22N3O4P/c1-5-12(21-22(4)20-8-6-7-15)10-17-9-11(2)13(18)16(3)14(17)19/h9,12H,5-6,8,10H2,1-4H3. The number of hydrogen-bond donors (Lipinski definition) is 0. The molecule has 0 saturated heterocycles. The Hall–Kier alpha value is -1.48. The predicted octanol–water partition coefficient (Wildman–Crippen LogP) is 1.52. The first-order valence-electron chi connectivity index (χ1n) is 7.08. The van der Waals surface area contributed by atoms with Gasteiger partial charge in [-0.15, -0.1) is 0 Å². The van der Waals surface area contributed by atoms with Gasteiger partial charge in [-0.05, 0) is 13.3 Å². The molecule has 0 aliphatic carbocycles. The van der Waals surface area contributed by atoms with Crippen molar-refractivity contribution < 1.29 is 9.05 Å². The molecular weight excluding hydrogens is 305 g/mol. The summed E-state index contributed by atoms with van der Waals surface area (Å²) < 4.78 is 13.8. The maximum absolute atomic E-state index is 12.1. The second kappa shape index (κ2) is 8.84. The molecule has 1 rings (SSSR count). The van der Waals surface area contributed by atoms with Crippen LogP contribution in [0.1, 0.15) is 25.3 Å². The second-order valence-corrected chi connectivity index (χ2v) is 6.28. The Balaban J connectivity index is 2.77. The summed E-state index contributed by atoms with van der Waals surface area (Å²) in [6, 6.07) is 2.01. The molecule has 0 saturated carbocycles. The molecule has 0 radical (unpaired) electrons. The molecule has 1 heterocycles. The summed E-state index contributed by atoms with van der Waals surface area (Å²) in [5, 5.41) is 8.48. The van der Waals surface area contributed by atoms with Crippen molar-refractivity contribution in [2.45, 2.75) is 39.3 Å². The summed E-state index contributed by atoms with van der Waals surface area (Å²) in [4.78, 5) is 23.8. The average molecular weight is 327 g/mol. The molecule has 0 amide bonds. The van der Waals surface area contributed by atoms with Crippen molar-refractivity contribution in [3.63, 3.8) is 0 Å². The molecule has 0 aliphatic rings. The van der Waals surface area contributed by atoms with E-state index in [0.717, 1.165) is 4.57 Å². The van der Waals surface area contributed by atoms with Crippen LogP contribution >= 0.6 is 8.38 Å². The molecule has 122 valence electrons. The molecule has 2 unspecified atom stereocenters. The van der Waals surface area contributed by atoms with Gasteiger partial charge in [0.2, 0.25) is 0 Å². The molecule has 8 heteroatoms. The van der Waals surface area contributed by atoms with Gasteiger partial charge in [-0.25, -0.2) is 4.79 Å². The molecule has 0 spiro atoms. The Kier molecular flexibility index (Phi) is 7.46. The van der Waals surface area contributed by atoms with Crippen LogP contribution in [0.3, 0.4) is 0 Å². The summed E-state index contributed by atoms with van der Waals surface area (Å²) >= 11 is 0. The lowest BCUT2D eigenvalue weighted by atomic mass is 10.3. The van der Waals surface area contributed by atoms with Crippen molar-refractivity contribution >= 4 is 8.38 Å². The minimum Gasteiger partial charge on any atom is -0.333 e. The van der Waals surface area contributed by atoms with E-state index in [2.05, 4.69) is 0 Å². The molecule has 0 bridgehead atoms. The van der Waals surface area contributed by atoms with Crippen molar-refractivity contribution in [2.75, 3.05) is 13.3 Å². The number of rotatable bonds is 8. The molecule has 0 aliphatic heterocycles. The van der Waals surface area contributed by atoms with Gasteiger partial charge in [-0.2, -0.15) is 5.26 Å². The Bertz CT molecular complexity index is 647. The van der Waals surface area contributed by atoms with Gasteiger partial charge in [0.1, 0.15) is 0 Å². The average Bonchev–Trinajstić information content (AvgIpc) is 2.49. The Labute approximate surface area is 131 Å². The predicted molar refractivity (Wildman–Crippen MR) is 84.9 cm³/mol. The largest absolute Gasteiger partial charge is 0.333 e. The van der Waals surface area contributed by atoms with Gasteiger partial charge in [0.25, 0.3) is 5.56 Å². The van der Waals surface area contributed by atoms with Crippen molar-refractivity contribution in [3.8, 4) is 6.07 Å². The molecule has 1 aromatic heterocycles. The van der Waals surface area contributed by atoms with E-state index in [-0.39, 0.29) is 17.4 Å². The third-order valence-electron chi connectivity index (χ3n) is 3.16. The molecule has 7 nitrogen and oxygen atoms in total. The van der Waals surface area contributed by atoms with E-state index in [9.17, 15) is 9.59 Å². The fourth-order valence-electron chi connectivity index (χ4n) is 1.94. The highest BCUT2D eigenvalue weighted by atomic mass is 31.2. The van der Waals surface area contributed by atoms with E-state index >= 15 is 0 Å². The van der Waals surface area contributed by atoms with E-state index in [1.54, 1.807) is 13.1 Å². The molecule has 0 fully saturated rings. The summed E-state index contributed by atoms with van der Waals surface area (Å²) in [6.07, 6.45) is 2.41. The van der Waals surface area contributed by atoms with Crippen molar-refractivity contribution in [1.82, 2.24) is 9.13 Å². The van der Waals surface area contributed by atoms with E-state index in [1.165, 1.54) is 11.6 Å². The van der Waals surface area contributed by atoms with Crippen LogP contribution in [0.2, 0.25) is 0 Å². The van der Waals surface area contributed by atoms with Gasteiger partial charge in [0.15, 0.2) is 8.38 Å². The summed E-state index contributed by atoms with van der Waals surface area (Å²) in [7, 11) is 0.366. The topological polar surface area (TPSA) is 86.2 Å². The number of aromatic nitrogens is 2. The van der Waals surface area contributed by atoms with Crippen LogP contribution in [-0.2, 0) is 22.6 Å². The second-order valence-electron chi connectivity index (χ2n) is 4.93. The smallest absolute Gasteiger partial charge is 0.330 e. The van der Waals surface area contributed by atoms with Crippen LogP contribution in [0.4, 0.5) is 0 Å². The maximum atomic E-state index is 12.1. The summed E-state index contributed by atoms with van der Waals surface area (Å²) in [5.41, 5.74) is -0.128. The number of hydrogen-bond acceptors (Lipinski definition) is 5. The lowest BCUT2D eigenvalue weighted by Gasteiger charge is -2.21. The number of aryl methyl sites for hydroxylation is 1. The minimum atomic E-state index is -1.10. The zero-order chi connectivity index (χ0) is 16.7. The van der Waals surface area contributed by atoms with Crippen LogP contribution in [0, 0.1) is 18.3 Å². The molecule has 2 atom stereocenters. The van der Waals surface area contributed by atoms with Crippen LogP contribution in [0.15, 0.2) is 15.8 Å². The van der Waals surface area contributed by atoms with Gasteiger partial charge in [-0.3, -0.25) is 13.9 Å². The number of nitrogens with zero attached hydrogens (tertiary/aromatic N) is 3. The molecular formula is C14H22N3O4P. The molecule has 1 aromatic rings. The zero-order valence-corrected chi connectivity index (χ0v) is 14.3. The molecule has 22 heavy (non-hydrogen) atoms. The minimum absolute atomic E-state index is 0.187. The quantitative estimate of drug-likeness (QED) is 0.534. The lowest BCUT2D eigenvalue weighted by Crippen LogP contribution is -2.40. The van der Waals surface area contributed by atoms with Crippen molar-refractivity contribution in [3.05, 3.63) is 32.6 Å². The third kappa shape index (κ3) is 5.06. The van der Waals surface area contributed by atoms with Gasteiger partial charge in [0, 0.05) is 25.5 Å². The fourth-order valence-corrected chi connectivity index (χ4v) is 2.98. The van der Waals surface area contributed by atoms with Gasteiger partial charge < -0.3 is 9.05 Å². The maximum Gasteiger partial charge on any atom is 0.330 e. The highest BCUT2D eigenvalue weighted by molar-refractivity contribution is 7.46. The summed E-state index contributed by atoms with van der Waals surface area (Å²) in [6.45, 7) is 6.16. The highest BCUT2D eigenvalue weighted by Gasteiger charge is 2.15. The molecule has 0 N–H and O–H groups in total. The number of nitriles is 1. The van der Waals surface area contributed by atoms with E-state index < -0.39 is 8.38 Å². The highest BCUT2D eigenvalue weighted by Crippen LogP contribution is 2.36. The normalized spacial score (nSPS) is 13.6. The molecule has 0 aromatic carbocycles. The van der Waals surface area contributed by atoms with E-state index in [1.807, 2.05) is 19.7 Å². The fraction of sp³-hybridized carbons (Fsp3) is 0.643. The van der Waals surface area contributed by atoms with E-state index in [4.69, 9.17) is 14.3 Å². The van der Waals surface area contributed by atoms with Gasteiger partial charge in [-0.1, -0.05) is 6.92 Å². The SMILES string of the molecule is CCC(Cn1cc(C)c(=O)n(C)c1=O)OP(C)OCCC#N. The Morgan fingerprint density at radius 3 is 2.73 bits per heavy atom.